The molecule has 0 bridgehead atoms. The van der Waals surface area contributed by atoms with Crippen LogP contribution in [0.25, 0.3) is 0 Å². The van der Waals surface area contributed by atoms with Gasteiger partial charge in [0.05, 0.1) is 6.04 Å². The third kappa shape index (κ3) is 2.90. The molecule has 2 rings (SSSR count). The number of nitrogens with two attached hydrogens (primary N) is 1. The summed E-state index contributed by atoms with van der Waals surface area (Å²) in [4.78, 5) is 0. The summed E-state index contributed by atoms with van der Waals surface area (Å²) in [6.45, 7) is 0. The molecule has 2 aromatic rings. The molecule has 3 N–H and O–H groups in total. The molecular weight excluding hydrogens is 319 g/mol. The average Bonchev–Trinajstić information content (AvgIpc) is 2.35. The highest BCUT2D eigenvalue weighted by atomic mass is 79.9. The molecule has 0 fully saturated rings. The zero-order valence-electron chi connectivity index (χ0n) is 9.33. The lowest BCUT2D eigenvalue weighted by molar-refractivity contribution is 0.559. The fourth-order valence-corrected chi connectivity index (χ4v) is 2.22. The highest BCUT2D eigenvalue weighted by Crippen LogP contribution is 2.26. The predicted octanol–water partition coefficient (Wildman–Crippen LogP) is 3.79. The molecule has 0 heterocycles. The van der Waals surface area contributed by atoms with Crippen molar-refractivity contribution in [2.24, 2.45) is 5.84 Å². The summed E-state index contributed by atoms with van der Waals surface area (Å²) < 4.78 is 14.6. The third-order valence-electron chi connectivity index (χ3n) is 2.64. The van der Waals surface area contributed by atoms with Gasteiger partial charge in [0.15, 0.2) is 0 Å². The van der Waals surface area contributed by atoms with Crippen molar-refractivity contribution >= 4 is 27.5 Å². The normalized spacial score (nSPS) is 12.4. The van der Waals surface area contributed by atoms with Gasteiger partial charge in [-0.2, -0.15) is 0 Å². The van der Waals surface area contributed by atoms with Crippen LogP contribution in [-0.2, 0) is 0 Å². The van der Waals surface area contributed by atoms with Crippen LogP contribution in [0.2, 0.25) is 5.02 Å². The van der Waals surface area contributed by atoms with Crippen LogP contribution < -0.4 is 11.3 Å². The van der Waals surface area contributed by atoms with Gasteiger partial charge in [-0.15, -0.1) is 0 Å². The van der Waals surface area contributed by atoms with Crippen molar-refractivity contribution in [1.82, 2.24) is 5.43 Å². The maximum Gasteiger partial charge on any atom is 0.129 e. The Balaban J connectivity index is 2.41. The lowest BCUT2D eigenvalue weighted by atomic mass is 9.99. The highest BCUT2D eigenvalue weighted by Gasteiger charge is 2.16. The molecule has 1 atom stereocenters. The minimum atomic E-state index is -0.407. The Kier molecular flexibility index (Phi) is 4.35. The van der Waals surface area contributed by atoms with E-state index in [1.54, 1.807) is 24.3 Å². The van der Waals surface area contributed by atoms with Crippen LogP contribution in [0, 0.1) is 5.82 Å². The standard InChI is InChI=1S/C13H11BrClFN2/c14-9-3-6-11(12(16)7-9)13(18-17)8-1-4-10(15)5-2-8/h1-7,13,18H,17H2. The Labute approximate surface area is 118 Å². The number of hydrogen-bond donors (Lipinski definition) is 2. The number of benzene rings is 2. The Morgan fingerprint density at radius 2 is 1.83 bits per heavy atom. The summed E-state index contributed by atoms with van der Waals surface area (Å²) in [6, 6.07) is 11.6. The molecular formula is C13H11BrClFN2. The van der Waals surface area contributed by atoms with E-state index in [1.165, 1.54) is 6.07 Å². The van der Waals surface area contributed by atoms with Crippen LogP contribution >= 0.6 is 27.5 Å². The predicted molar refractivity (Wildman–Crippen MR) is 74.7 cm³/mol. The zero-order valence-corrected chi connectivity index (χ0v) is 11.7. The molecule has 0 saturated heterocycles. The van der Waals surface area contributed by atoms with E-state index >= 15 is 0 Å². The molecule has 2 nitrogen and oxygen atoms in total. The lowest BCUT2D eigenvalue weighted by Crippen LogP contribution is -2.29. The monoisotopic (exact) mass is 328 g/mol. The van der Waals surface area contributed by atoms with Gasteiger partial charge >= 0.3 is 0 Å². The van der Waals surface area contributed by atoms with Crippen LogP contribution in [0.4, 0.5) is 4.39 Å². The summed E-state index contributed by atoms with van der Waals surface area (Å²) in [5.41, 5.74) is 3.96. The molecule has 0 aliphatic rings. The maximum atomic E-state index is 13.9. The molecule has 0 spiro atoms. The van der Waals surface area contributed by atoms with Crippen molar-refractivity contribution in [3.8, 4) is 0 Å². The van der Waals surface area contributed by atoms with Crippen molar-refractivity contribution in [2.45, 2.75) is 6.04 Å². The van der Waals surface area contributed by atoms with Gasteiger partial charge in [-0.3, -0.25) is 5.84 Å². The first-order valence-electron chi connectivity index (χ1n) is 5.28. The van der Waals surface area contributed by atoms with Crippen molar-refractivity contribution in [3.05, 3.63) is 68.9 Å². The van der Waals surface area contributed by atoms with Crippen LogP contribution in [-0.4, -0.2) is 0 Å². The Morgan fingerprint density at radius 3 is 2.39 bits per heavy atom. The molecule has 18 heavy (non-hydrogen) atoms. The lowest BCUT2D eigenvalue weighted by Gasteiger charge is -2.17. The minimum Gasteiger partial charge on any atom is -0.271 e. The van der Waals surface area contributed by atoms with Crippen LogP contribution in [0.3, 0.4) is 0 Å². The van der Waals surface area contributed by atoms with Crippen molar-refractivity contribution < 1.29 is 4.39 Å². The molecule has 94 valence electrons. The molecule has 0 aliphatic carbocycles. The molecule has 5 heteroatoms. The smallest absolute Gasteiger partial charge is 0.129 e. The van der Waals surface area contributed by atoms with E-state index in [2.05, 4.69) is 21.4 Å². The van der Waals surface area contributed by atoms with E-state index in [0.29, 0.717) is 15.1 Å². The van der Waals surface area contributed by atoms with E-state index in [4.69, 9.17) is 17.4 Å². The first-order chi connectivity index (χ1) is 8.61. The topological polar surface area (TPSA) is 38.0 Å². The van der Waals surface area contributed by atoms with Gasteiger partial charge in [0.25, 0.3) is 0 Å². The second-order valence-electron chi connectivity index (χ2n) is 3.82. The van der Waals surface area contributed by atoms with Crippen molar-refractivity contribution in [2.75, 3.05) is 0 Å². The van der Waals surface area contributed by atoms with Gasteiger partial charge in [0.1, 0.15) is 5.82 Å². The molecule has 0 saturated carbocycles. The molecule has 2 aromatic carbocycles. The van der Waals surface area contributed by atoms with Crippen LogP contribution in [0.15, 0.2) is 46.9 Å². The summed E-state index contributed by atoms with van der Waals surface area (Å²) in [7, 11) is 0. The van der Waals surface area contributed by atoms with Gasteiger partial charge in [0, 0.05) is 15.1 Å². The van der Waals surface area contributed by atoms with Crippen molar-refractivity contribution in [1.29, 1.82) is 0 Å². The second kappa shape index (κ2) is 5.80. The number of hydrazine groups is 1. The highest BCUT2D eigenvalue weighted by molar-refractivity contribution is 9.10. The van der Waals surface area contributed by atoms with Gasteiger partial charge in [-0.25, -0.2) is 9.82 Å². The van der Waals surface area contributed by atoms with E-state index < -0.39 is 6.04 Å². The number of rotatable bonds is 3. The summed E-state index contributed by atoms with van der Waals surface area (Å²) >= 11 is 9.05. The number of nitrogens with one attached hydrogen (secondary N) is 1. The largest absolute Gasteiger partial charge is 0.271 e. The molecule has 1 unspecified atom stereocenters. The van der Waals surface area contributed by atoms with E-state index in [-0.39, 0.29) is 5.82 Å². The van der Waals surface area contributed by atoms with Gasteiger partial charge in [-0.1, -0.05) is 45.7 Å². The molecule has 0 radical (unpaired) electrons. The third-order valence-corrected chi connectivity index (χ3v) is 3.39. The average molecular weight is 330 g/mol. The summed E-state index contributed by atoms with van der Waals surface area (Å²) in [5.74, 6) is 5.20. The van der Waals surface area contributed by atoms with Crippen molar-refractivity contribution in [3.63, 3.8) is 0 Å². The van der Waals surface area contributed by atoms with E-state index in [0.717, 1.165) is 5.56 Å². The fourth-order valence-electron chi connectivity index (χ4n) is 1.76. The quantitative estimate of drug-likeness (QED) is 0.664. The SMILES string of the molecule is NNC(c1ccc(Cl)cc1)c1ccc(Br)cc1F. The molecule has 0 aliphatic heterocycles. The first kappa shape index (κ1) is 13.5. The maximum absolute atomic E-state index is 13.9. The Morgan fingerprint density at radius 1 is 1.17 bits per heavy atom. The molecule has 0 amide bonds. The van der Waals surface area contributed by atoms with Crippen LogP contribution in [0.1, 0.15) is 17.2 Å². The summed E-state index contributed by atoms with van der Waals surface area (Å²) in [6.07, 6.45) is 0. The number of hydrogen-bond acceptors (Lipinski definition) is 2. The first-order valence-corrected chi connectivity index (χ1v) is 6.45. The van der Waals surface area contributed by atoms with Gasteiger partial charge in [0.2, 0.25) is 0 Å². The van der Waals surface area contributed by atoms with E-state index in [1.807, 2.05) is 12.1 Å². The minimum absolute atomic E-state index is 0.317. The Hall–Kier alpha value is -0.940. The van der Waals surface area contributed by atoms with Gasteiger partial charge in [-0.05, 0) is 29.8 Å². The number of halogens is 3. The van der Waals surface area contributed by atoms with E-state index in [9.17, 15) is 4.39 Å². The zero-order chi connectivity index (χ0) is 13.1. The fraction of sp³-hybridized carbons (Fsp3) is 0.0769. The van der Waals surface area contributed by atoms with Crippen LogP contribution in [0.5, 0.6) is 0 Å². The summed E-state index contributed by atoms with van der Waals surface area (Å²) in [5, 5.41) is 0.630. The Bertz CT molecular complexity index is 545. The second-order valence-corrected chi connectivity index (χ2v) is 5.17. The van der Waals surface area contributed by atoms with Gasteiger partial charge < -0.3 is 0 Å². The molecule has 0 aromatic heterocycles.